The maximum Gasteiger partial charge on any atom is 0.123 e. The van der Waals surface area contributed by atoms with Crippen LogP contribution in [0.5, 0.6) is 0 Å². The molecule has 2 aliphatic rings. The molecule has 2 nitrogen and oxygen atoms in total. The molecule has 0 aromatic heterocycles. The van der Waals surface area contributed by atoms with E-state index in [-0.39, 0.29) is 5.82 Å². The first kappa shape index (κ1) is 15.0. The summed E-state index contributed by atoms with van der Waals surface area (Å²) < 4.78 is 13.0. The molecule has 3 heteroatoms. The van der Waals surface area contributed by atoms with Gasteiger partial charge in [0, 0.05) is 18.1 Å². The fourth-order valence-electron chi connectivity index (χ4n) is 4.15. The molecule has 1 saturated heterocycles. The van der Waals surface area contributed by atoms with Crippen molar-refractivity contribution in [2.45, 2.75) is 63.6 Å². The first-order valence-corrected chi connectivity index (χ1v) is 8.46. The van der Waals surface area contributed by atoms with Gasteiger partial charge in [-0.05, 0) is 69.2 Å². The van der Waals surface area contributed by atoms with Crippen molar-refractivity contribution < 1.29 is 4.39 Å². The van der Waals surface area contributed by atoms with Gasteiger partial charge in [-0.1, -0.05) is 18.6 Å². The summed E-state index contributed by atoms with van der Waals surface area (Å²) in [4.78, 5) is 0. The second kappa shape index (κ2) is 6.89. The molecule has 1 heterocycles. The van der Waals surface area contributed by atoms with Gasteiger partial charge in [0.05, 0.1) is 0 Å². The van der Waals surface area contributed by atoms with Crippen LogP contribution in [0, 0.1) is 11.7 Å². The Kier molecular flexibility index (Phi) is 4.91. The molecule has 1 aromatic rings. The number of benzene rings is 1. The average molecular weight is 290 g/mol. The Labute approximate surface area is 127 Å². The normalized spacial score (nSPS) is 30.7. The Bertz CT molecular complexity index is 439. The number of hydrogen-bond donors (Lipinski definition) is 2. The van der Waals surface area contributed by atoms with Crippen LogP contribution in [0.2, 0.25) is 0 Å². The van der Waals surface area contributed by atoms with Gasteiger partial charge in [-0.2, -0.15) is 0 Å². The van der Waals surface area contributed by atoms with Crippen molar-refractivity contribution in [3.8, 4) is 0 Å². The van der Waals surface area contributed by atoms with E-state index in [1.165, 1.54) is 44.2 Å². The van der Waals surface area contributed by atoms with Gasteiger partial charge in [0.2, 0.25) is 0 Å². The van der Waals surface area contributed by atoms with Crippen LogP contribution >= 0.6 is 0 Å². The van der Waals surface area contributed by atoms with E-state index in [1.807, 2.05) is 12.1 Å². The fourth-order valence-corrected chi connectivity index (χ4v) is 4.15. The van der Waals surface area contributed by atoms with Crippen molar-refractivity contribution in [2.75, 3.05) is 6.54 Å². The van der Waals surface area contributed by atoms with Gasteiger partial charge in [0.25, 0.3) is 0 Å². The van der Waals surface area contributed by atoms with E-state index >= 15 is 0 Å². The van der Waals surface area contributed by atoms with Crippen molar-refractivity contribution in [1.29, 1.82) is 0 Å². The number of nitrogens with one attached hydrogen (secondary N) is 2. The number of rotatable bonds is 5. The van der Waals surface area contributed by atoms with Gasteiger partial charge in [-0.25, -0.2) is 4.39 Å². The van der Waals surface area contributed by atoms with Crippen LogP contribution in [-0.2, 0) is 6.42 Å². The summed E-state index contributed by atoms with van der Waals surface area (Å²) >= 11 is 0. The predicted molar refractivity (Wildman–Crippen MR) is 84.9 cm³/mol. The summed E-state index contributed by atoms with van der Waals surface area (Å²) in [5.74, 6) is 0.644. The maximum atomic E-state index is 13.0. The van der Waals surface area contributed by atoms with E-state index in [0.717, 1.165) is 18.4 Å². The van der Waals surface area contributed by atoms with Gasteiger partial charge in [0.15, 0.2) is 0 Å². The lowest BCUT2D eigenvalue weighted by Crippen LogP contribution is -2.45. The monoisotopic (exact) mass is 290 g/mol. The quantitative estimate of drug-likeness (QED) is 0.870. The molecule has 0 spiro atoms. The minimum Gasteiger partial charge on any atom is -0.314 e. The van der Waals surface area contributed by atoms with Crippen molar-refractivity contribution in [1.82, 2.24) is 10.6 Å². The molecule has 0 radical (unpaired) electrons. The molecule has 1 aromatic carbocycles. The van der Waals surface area contributed by atoms with Crippen LogP contribution in [0.3, 0.4) is 0 Å². The molecule has 1 aliphatic heterocycles. The van der Waals surface area contributed by atoms with Crippen LogP contribution < -0.4 is 10.6 Å². The Balaban J connectivity index is 1.53. The fraction of sp³-hybridized carbons (Fsp3) is 0.667. The lowest BCUT2D eigenvalue weighted by atomic mass is 9.92. The minimum absolute atomic E-state index is 0.150. The zero-order valence-corrected chi connectivity index (χ0v) is 12.9. The molecule has 0 bridgehead atoms. The molecule has 4 unspecified atom stereocenters. The molecule has 2 N–H and O–H groups in total. The highest BCUT2D eigenvalue weighted by atomic mass is 19.1. The van der Waals surface area contributed by atoms with Crippen LogP contribution in [0.1, 0.15) is 44.6 Å². The third kappa shape index (κ3) is 3.83. The van der Waals surface area contributed by atoms with Crippen LogP contribution in [0.4, 0.5) is 4.39 Å². The summed E-state index contributed by atoms with van der Waals surface area (Å²) in [5, 5.41) is 7.51. The number of hydrogen-bond acceptors (Lipinski definition) is 2. The van der Waals surface area contributed by atoms with E-state index in [9.17, 15) is 4.39 Å². The van der Waals surface area contributed by atoms with Crippen molar-refractivity contribution in [2.24, 2.45) is 5.92 Å². The Hall–Kier alpha value is -0.930. The van der Waals surface area contributed by atoms with Crippen molar-refractivity contribution in [3.63, 3.8) is 0 Å². The lowest BCUT2D eigenvalue weighted by molar-refractivity contribution is 0.301. The van der Waals surface area contributed by atoms with Gasteiger partial charge >= 0.3 is 0 Å². The minimum atomic E-state index is -0.150. The predicted octanol–water partition coefficient (Wildman–Crippen LogP) is 3.27. The summed E-state index contributed by atoms with van der Waals surface area (Å²) in [6.45, 7) is 3.44. The van der Waals surface area contributed by atoms with E-state index in [0.29, 0.717) is 12.1 Å². The van der Waals surface area contributed by atoms with Crippen LogP contribution in [-0.4, -0.2) is 24.7 Å². The van der Waals surface area contributed by atoms with Gasteiger partial charge < -0.3 is 10.6 Å². The SMILES string of the molecule is CC(Cc1ccc(F)cc1)NC1CCCC1C1CCCN1. The summed E-state index contributed by atoms with van der Waals surface area (Å²) in [7, 11) is 0. The lowest BCUT2D eigenvalue weighted by Gasteiger charge is -2.29. The zero-order valence-electron chi connectivity index (χ0n) is 12.9. The molecule has 0 amide bonds. The third-order valence-corrected chi connectivity index (χ3v) is 5.14. The Morgan fingerprint density at radius 2 is 2.00 bits per heavy atom. The molecule has 1 saturated carbocycles. The summed E-state index contributed by atoms with van der Waals surface area (Å²) in [6.07, 6.45) is 7.66. The molecule has 116 valence electrons. The van der Waals surface area contributed by atoms with Gasteiger partial charge in [0.1, 0.15) is 5.82 Å². The molecular weight excluding hydrogens is 263 g/mol. The zero-order chi connectivity index (χ0) is 14.7. The third-order valence-electron chi connectivity index (χ3n) is 5.14. The molecular formula is C18H27FN2. The smallest absolute Gasteiger partial charge is 0.123 e. The molecule has 2 fully saturated rings. The van der Waals surface area contributed by atoms with Gasteiger partial charge in [-0.3, -0.25) is 0 Å². The van der Waals surface area contributed by atoms with Gasteiger partial charge in [-0.15, -0.1) is 0 Å². The van der Waals surface area contributed by atoms with E-state index in [2.05, 4.69) is 17.6 Å². The van der Waals surface area contributed by atoms with E-state index < -0.39 is 0 Å². The first-order valence-electron chi connectivity index (χ1n) is 8.46. The van der Waals surface area contributed by atoms with E-state index in [1.54, 1.807) is 12.1 Å². The summed E-state index contributed by atoms with van der Waals surface area (Å²) in [5.41, 5.74) is 1.21. The molecule has 4 atom stereocenters. The van der Waals surface area contributed by atoms with Crippen LogP contribution in [0.15, 0.2) is 24.3 Å². The first-order chi connectivity index (χ1) is 10.2. The second-order valence-corrected chi connectivity index (χ2v) is 6.80. The van der Waals surface area contributed by atoms with Crippen molar-refractivity contribution >= 4 is 0 Å². The van der Waals surface area contributed by atoms with E-state index in [4.69, 9.17) is 0 Å². The maximum absolute atomic E-state index is 13.0. The highest BCUT2D eigenvalue weighted by Gasteiger charge is 2.35. The summed E-state index contributed by atoms with van der Waals surface area (Å²) in [6, 6.07) is 8.74. The highest BCUT2D eigenvalue weighted by molar-refractivity contribution is 5.17. The van der Waals surface area contributed by atoms with Crippen LogP contribution in [0.25, 0.3) is 0 Å². The van der Waals surface area contributed by atoms with Crippen molar-refractivity contribution in [3.05, 3.63) is 35.6 Å². The number of halogens is 1. The second-order valence-electron chi connectivity index (χ2n) is 6.80. The standard InChI is InChI=1S/C18H27FN2/c1-13(12-14-7-9-15(19)10-8-14)21-18-5-2-4-16(18)17-6-3-11-20-17/h7-10,13,16-18,20-21H,2-6,11-12H2,1H3. The Morgan fingerprint density at radius 1 is 1.19 bits per heavy atom. The molecule has 1 aliphatic carbocycles. The Morgan fingerprint density at radius 3 is 2.71 bits per heavy atom. The average Bonchev–Trinajstić information content (AvgIpc) is 3.11. The molecule has 3 rings (SSSR count). The topological polar surface area (TPSA) is 24.1 Å². The largest absolute Gasteiger partial charge is 0.314 e. The highest BCUT2D eigenvalue weighted by Crippen LogP contribution is 2.32. The molecule has 21 heavy (non-hydrogen) atoms.